The van der Waals surface area contributed by atoms with Crippen molar-refractivity contribution in [3.8, 4) is 0 Å². The van der Waals surface area contributed by atoms with Gasteiger partial charge in [0, 0.05) is 25.0 Å². The fourth-order valence-electron chi connectivity index (χ4n) is 4.05. The lowest BCUT2D eigenvalue weighted by atomic mass is 9.88. The molecule has 1 rings (SSSR count). The van der Waals surface area contributed by atoms with Gasteiger partial charge >= 0.3 is 0 Å². The highest BCUT2D eigenvalue weighted by atomic mass is 32.2. The highest BCUT2D eigenvalue weighted by molar-refractivity contribution is 7.85. The van der Waals surface area contributed by atoms with E-state index in [0.29, 0.717) is 29.8 Å². The van der Waals surface area contributed by atoms with Crippen LogP contribution in [0.3, 0.4) is 0 Å². The Bertz CT molecular complexity index is 652. The Morgan fingerprint density at radius 1 is 1.04 bits per heavy atom. The van der Waals surface area contributed by atoms with Crippen molar-refractivity contribution >= 4 is 10.1 Å². The summed E-state index contributed by atoms with van der Waals surface area (Å²) in [5.74, 6) is 0.334. The first-order valence-corrected chi connectivity index (χ1v) is 11.7. The zero-order chi connectivity index (χ0) is 20.5. The number of hydrogen-bond donors (Lipinski definition) is 2. The number of benzene rings is 1. The molecule has 1 atom stereocenters. The molecule has 0 radical (unpaired) electrons. The summed E-state index contributed by atoms with van der Waals surface area (Å²) in [5, 5.41) is 9.62. The number of aliphatic hydroxyl groups is 1. The molecule has 1 aromatic rings. The standard InChI is InChI=1S/C21H37NO4S/c1-5-9-18(10-6-2)19-11-7-12-20(17-19)21(13-15-23)22(3,4)14-8-16-27(24,25)26/h7,11-12,17-18,21,23H,5-6,8-10,13-16H2,1-4H3/p+1. The number of quaternary nitrogens is 1. The molecule has 0 aliphatic carbocycles. The summed E-state index contributed by atoms with van der Waals surface area (Å²) >= 11 is 0. The van der Waals surface area contributed by atoms with E-state index in [9.17, 15) is 13.5 Å². The van der Waals surface area contributed by atoms with Crippen LogP contribution in [0.2, 0.25) is 0 Å². The predicted molar refractivity (Wildman–Crippen MR) is 111 cm³/mol. The van der Waals surface area contributed by atoms with Crippen molar-refractivity contribution in [2.24, 2.45) is 0 Å². The van der Waals surface area contributed by atoms with E-state index in [-0.39, 0.29) is 18.4 Å². The van der Waals surface area contributed by atoms with Gasteiger partial charge < -0.3 is 9.59 Å². The molecule has 0 aromatic heterocycles. The molecule has 0 saturated carbocycles. The topological polar surface area (TPSA) is 74.6 Å². The van der Waals surface area contributed by atoms with Gasteiger partial charge in [-0.25, -0.2) is 0 Å². The first-order valence-electron chi connectivity index (χ1n) is 10.1. The highest BCUT2D eigenvalue weighted by Gasteiger charge is 2.30. The first kappa shape index (κ1) is 24.1. The quantitative estimate of drug-likeness (QED) is 0.385. The van der Waals surface area contributed by atoms with E-state index in [4.69, 9.17) is 4.55 Å². The molecule has 5 nitrogen and oxygen atoms in total. The number of nitrogens with zero attached hydrogens (tertiary/aromatic N) is 1. The van der Waals surface area contributed by atoms with Gasteiger partial charge in [0.05, 0.1) is 26.4 Å². The van der Waals surface area contributed by atoms with Crippen molar-refractivity contribution < 1.29 is 22.6 Å². The molecule has 0 aliphatic heterocycles. The molecular weight excluding hydrogens is 362 g/mol. The van der Waals surface area contributed by atoms with E-state index < -0.39 is 10.1 Å². The van der Waals surface area contributed by atoms with Crippen LogP contribution in [0, 0.1) is 0 Å². The van der Waals surface area contributed by atoms with Crippen LogP contribution >= 0.6 is 0 Å². The monoisotopic (exact) mass is 400 g/mol. The van der Waals surface area contributed by atoms with Crippen LogP contribution < -0.4 is 0 Å². The fraction of sp³-hybridized carbons (Fsp3) is 0.714. The highest BCUT2D eigenvalue weighted by Crippen LogP contribution is 2.33. The van der Waals surface area contributed by atoms with E-state index in [1.54, 1.807) is 0 Å². The van der Waals surface area contributed by atoms with Crippen molar-refractivity contribution in [1.82, 2.24) is 0 Å². The molecule has 2 N–H and O–H groups in total. The zero-order valence-corrected chi connectivity index (χ0v) is 18.2. The Labute approximate surface area is 165 Å². The minimum absolute atomic E-state index is 0.0836. The summed E-state index contributed by atoms with van der Waals surface area (Å²) < 4.78 is 31.6. The number of rotatable bonds is 13. The summed E-state index contributed by atoms with van der Waals surface area (Å²) in [7, 11) is 0.185. The second kappa shape index (κ2) is 11.1. The van der Waals surface area contributed by atoms with Crippen molar-refractivity contribution in [2.45, 2.75) is 64.3 Å². The molecule has 0 bridgehead atoms. The molecule has 0 heterocycles. The third-order valence-corrected chi connectivity index (χ3v) is 6.23. The lowest BCUT2D eigenvalue weighted by molar-refractivity contribution is -0.921. The van der Waals surface area contributed by atoms with Crippen LogP contribution in [0.15, 0.2) is 24.3 Å². The second-order valence-electron chi connectivity index (χ2n) is 8.11. The number of hydrogen-bond acceptors (Lipinski definition) is 3. The van der Waals surface area contributed by atoms with Crippen LogP contribution in [0.5, 0.6) is 0 Å². The Balaban J connectivity index is 3.06. The van der Waals surface area contributed by atoms with Gasteiger partial charge in [0.25, 0.3) is 10.1 Å². The van der Waals surface area contributed by atoms with Gasteiger partial charge in [-0.3, -0.25) is 4.55 Å². The summed E-state index contributed by atoms with van der Waals surface area (Å²) in [6.07, 6.45) is 5.68. The maximum absolute atomic E-state index is 11.0. The van der Waals surface area contributed by atoms with Crippen molar-refractivity contribution in [3.63, 3.8) is 0 Å². The van der Waals surface area contributed by atoms with E-state index in [2.05, 4.69) is 52.2 Å². The molecule has 1 aromatic carbocycles. The van der Waals surface area contributed by atoms with Crippen LogP contribution in [-0.2, 0) is 10.1 Å². The van der Waals surface area contributed by atoms with Gasteiger partial charge in [-0.15, -0.1) is 0 Å². The first-order chi connectivity index (χ1) is 12.6. The SMILES string of the molecule is CCCC(CCC)c1cccc(C(CCO)[N+](C)(C)CCCS(=O)(=O)O)c1. The fourth-order valence-corrected chi connectivity index (χ4v) is 4.54. The Kier molecular flexibility index (Phi) is 9.95. The van der Waals surface area contributed by atoms with Gasteiger partial charge in [0.15, 0.2) is 0 Å². The smallest absolute Gasteiger partial charge is 0.265 e. The second-order valence-corrected chi connectivity index (χ2v) is 9.69. The summed E-state index contributed by atoms with van der Waals surface area (Å²) in [6, 6.07) is 8.78. The molecule has 6 heteroatoms. The van der Waals surface area contributed by atoms with Crippen molar-refractivity contribution in [2.75, 3.05) is 33.0 Å². The molecule has 0 aliphatic rings. The Hall–Kier alpha value is -0.950. The normalized spacial score (nSPS) is 13.9. The van der Waals surface area contributed by atoms with Gasteiger partial charge in [0.1, 0.15) is 6.04 Å². The molecule has 0 saturated heterocycles. The molecule has 0 spiro atoms. The minimum atomic E-state index is -3.94. The third kappa shape index (κ3) is 8.30. The Morgan fingerprint density at radius 2 is 1.63 bits per heavy atom. The number of aliphatic hydroxyl groups excluding tert-OH is 1. The van der Waals surface area contributed by atoms with Crippen LogP contribution in [0.4, 0.5) is 0 Å². The van der Waals surface area contributed by atoms with Gasteiger partial charge in [-0.05, 0) is 30.4 Å². The van der Waals surface area contributed by atoms with Crippen LogP contribution in [0.1, 0.15) is 75.5 Å². The van der Waals surface area contributed by atoms with E-state index in [1.165, 1.54) is 24.0 Å². The molecular formula is C21H38NO4S+. The van der Waals surface area contributed by atoms with E-state index >= 15 is 0 Å². The van der Waals surface area contributed by atoms with Gasteiger partial charge in [0.2, 0.25) is 0 Å². The molecule has 0 amide bonds. The Morgan fingerprint density at radius 3 is 2.15 bits per heavy atom. The summed E-state index contributed by atoms with van der Waals surface area (Å²) in [6.45, 7) is 5.14. The predicted octanol–water partition coefficient (Wildman–Crippen LogP) is 4.15. The maximum Gasteiger partial charge on any atom is 0.265 e. The summed E-state index contributed by atoms with van der Waals surface area (Å²) in [4.78, 5) is 0. The molecule has 27 heavy (non-hydrogen) atoms. The summed E-state index contributed by atoms with van der Waals surface area (Å²) in [5.41, 5.74) is 2.55. The molecule has 156 valence electrons. The lowest BCUT2D eigenvalue weighted by Crippen LogP contribution is -2.44. The van der Waals surface area contributed by atoms with Gasteiger partial charge in [-0.2, -0.15) is 8.42 Å². The minimum Gasteiger partial charge on any atom is -0.396 e. The average Bonchev–Trinajstić information content (AvgIpc) is 2.58. The molecule has 0 fully saturated rings. The molecule has 1 unspecified atom stereocenters. The van der Waals surface area contributed by atoms with Crippen molar-refractivity contribution in [3.05, 3.63) is 35.4 Å². The van der Waals surface area contributed by atoms with E-state index in [0.717, 1.165) is 12.8 Å². The average molecular weight is 401 g/mol. The van der Waals surface area contributed by atoms with Crippen LogP contribution in [0.25, 0.3) is 0 Å². The lowest BCUT2D eigenvalue weighted by Gasteiger charge is -2.38. The largest absolute Gasteiger partial charge is 0.396 e. The maximum atomic E-state index is 11.0. The van der Waals surface area contributed by atoms with E-state index in [1.807, 2.05) is 0 Å². The third-order valence-electron chi connectivity index (χ3n) is 5.42. The zero-order valence-electron chi connectivity index (χ0n) is 17.4. The van der Waals surface area contributed by atoms with Crippen molar-refractivity contribution in [1.29, 1.82) is 0 Å². The van der Waals surface area contributed by atoms with Gasteiger partial charge in [-0.1, -0.05) is 44.9 Å². The van der Waals surface area contributed by atoms with Crippen LogP contribution in [-0.4, -0.2) is 55.6 Å².